The van der Waals surface area contributed by atoms with Crippen LogP contribution in [0.15, 0.2) is 64.5 Å². The second-order valence-electron chi connectivity index (χ2n) is 7.33. The van der Waals surface area contributed by atoms with Crippen LogP contribution in [0, 0.1) is 20.8 Å². The normalized spacial score (nSPS) is 16.2. The first-order chi connectivity index (χ1) is 14.8. The van der Waals surface area contributed by atoms with Crippen molar-refractivity contribution in [3.05, 3.63) is 87.6 Å². The summed E-state index contributed by atoms with van der Waals surface area (Å²) >= 11 is 1.30. The molecule has 2 heterocycles. The minimum atomic E-state index is -0.967. The number of hydrogen-bond acceptors (Lipinski definition) is 4. The quantitative estimate of drug-likeness (QED) is 0.570. The fourth-order valence-corrected chi connectivity index (χ4v) is 4.30. The Hall–Kier alpha value is -3.58. The molecule has 1 saturated heterocycles. The average molecular weight is 432 g/mol. The first kappa shape index (κ1) is 20.7. The second kappa shape index (κ2) is 8.28. The average Bonchev–Trinajstić information content (AvgIpc) is 3.22. The first-order valence-corrected chi connectivity index (χ1v) is 10.5. The predicted octanol–water partition coefficient (Wildman–Crippen LogP) is 4.99. The number of nitrogens with zero attached hydrogens (tertiary/aromatic N) is 2. The molecule has 0 bridgehead atoms. The maximum Gasteiger partial charge on any atom is 0.335 e. The number of carbonyl (C=O) groups is 2. The van der Waals surface area contributed by atoms with E-state index < -0.39 is 5.97 Å². The Morgan fingerprint density at radius 3 is 2.55 bits per heavy atom. The van der Waals surface area contributed by atoms with Crippen LogP contribution in [0.4, 0.5) is 5.69 Å². The molecule has 1 amide bonds. The number of rotatable bonds is 4. The summed E-state index contributed by atoms with van der Waals surface area (Å²) in [5.41, 5.74) is 5.70. The molecule has 2 aromatic carbocycles. The molecule has 2 N–H and O–H groups in total. The molecule has 156 valence electrons. The van der Waals surface area contributed by atoms with Crippen molar-refractivity contribution in [2.45, 2.75) is 20.8 Å². The Labute approximate surface area is 184 Å². The number of nitrogens with one attached hydrogen (secondary N) is 1. The van der Waals surface area contributed by atoms with E-state index in [4.69, 9.17) is 0 Å². The fourth-order valence-electron chi connectivity index (χ4n) is 3.47. The van der Waals surface area contributed by atoms with E-state index in [-0.39, 0.29) is 11.5 Å². The molecular formula is C24H21N3O3S. The van der Waals surface area contributed by atoms with Crippen LogP contribution in [0.3, 0.4) is 0 Å². The number of carboxylic acid groups (broad SMARTS) is 1. The summed E-state index contributed by atoms with van der Waals surface area (Å²) in [4.78, 5) is 28.9. The zero-order chi connectivity index (χ0) is 22.1. The van der Waals surface area contributed by atoms with Crippen LogP contribution >= 0.6 is 11.8 Å². The van der Waals surface area contributed by atoms with Crippen molar-refractivity contribution < 1.29 is 14.7 Å². The highest BCUT2D eigenvalue weighted by Gasteiger charge is 2.24. The van der Waals surface area contributed by atoms with E-state index in [1.807, 2.05) is 67.8 Å². The summed E-state index contributed by atoms with van der Waals surface area (Å²) in [5, 5.41) is 12.6. The molecular weight excluding hydrogens is 410 g/mol. The highest BCUT2D eigenvalue weighted by molar-refractivity contribution is 8.18. The van der Waals surface area contributed by atoms with E-state index in [0.29, 0.717) is 10.1 Å². The maximum atomic E-state index is 12.5. The van der Waals surface area contributed by atoms with Crippen LogP contribution in [0.25, 0.3) is 11.8 Å². The molecule has 0 atom stereocenters. The molecule has 1 aromatic heterocycles. The fraction of sp³-hybridized carbons (Fsp3) is 0.125. The van der Waals surface area contributed by atoms with Crippen molar-refractivity contribution in [3.63, 3.8) is 0 Å². The molecule has 1 fully saturated rings. The van der Waals surface area contributed by atoms with Gasteiger partial charge in [0.2, 0.25) is 0 Å². The highest BCUT2D eigenvalue weighted by Crippen LogP contribution is 2.30. The van der Waals surface area contributed by atoms with E-state index in [9.17, 15) is 14.7 Å². The Morgan fingerprint density at radius 2 is 1.84 bits per heavy atom. The van der Waals surface area contributed by atoms with Gasteiger partial charge >= 0.3 is 5.97 Å². The van der Waals surface area contributed by atoms with Crippen molar-refractivity contribution in [2.75, 3.05) is 0 Å². The van der Waals surface area contributed by atoms with Gasteiger partial charge in [-0.05, 0) is 80.6 Å². The lowest BCUT2D eigenvalue weighted by Gasteiger charge is -2.10. The van der Waals surface area contributed by atoms with Crippen molar-refractivity contribution in [1.29, 1.82) is 0 Å². The Balaban J connectivity index is 1.64. The van der Waals surface area contributed by atoms with Gasteiger partial charge in [0.1, 0.15) is 0 Å². The monoisotopic (exact) mass is 431 g/mol. The topological polar surface area (TPSA) is 83.7 Å². The van der Waals surface area contributed by atoms with Crippen molar-refractivity contribution >= 4 is 40.6 Å². The van der Waals surface area contributed by atoms with Crippen LogP contribution in [0.1, 0.15) is 32.9 Å². The third-order valence-corrected chi connectivity index (χ3v) is 5.93. The molecule has 31 heavy (non-hydrogen) atoms. The number of thioether (sulfide) groups is 1. The van der Waals surface area contributed by atoms with Gasteiger partial charge in [-0.2, -0.15) is 0 Å². The van der Waals surface area contributed by atoms with Gasteiger partial charge in [0.05, 0.1) is 16.2 Å². The van der Waals surface area contributed by atoms with E-state index in [1.54, 1.807) is 18.2 Å². The Bertz CT molecular complexity index is 1250. The van der Waals surface area contributed by atoms with Gasteiger partial charge in [0.25, 0.3) is 5.91 Å². The first-order valence-electron chi connectivity index (χ1n) is 9.71. The van der Waals surface area contributed by atoms with Crippen LogP contribution < -0.4 is 5.32 Å². The molecule has 7 heteroatoms. The minimum absolute atomic E-state index is 0.187. The largest absolute Gasteiger partial charge is 0.478 e. The summed E-state index contributed by atoms with van der Waals surface area (Å²) in [6.45, 7) is 5.92. The maximum absolute atomic E-state index is 12.5. The number of aliphatic imine (C=N–C) groups is 1. The van der Waals surface area contributed by atoms with E-state index >= 15 is 0 Å². The lowest BCUT2D eigenvalue weighted by atomic mass is 10.2. The lowest BCUT2D eigenvalue weighted by molar-refractivity contribution is -0.115. The van der Waals surface area contributed by atoms with Crippen LogP contribution in [-0.2, 0) is 4.79 Å². The van der Waals surface area contributed by atoms with Gasteiger partial charge < -0.3 is 15.0 Å². The molecule has 0 spiro atoms. The van der Waals surface area contributed by atoms with Gasteiger partial charge in [-0.25, -0.2) is 9.79 Å². The number of carbonyl (C=O) groups excluding carboxylic acids is 1. The van der Waals surface area contributed by atoms with Crippen molar-refractivity contribution in [3.8, 4) is 5.69 Å². The van der Waals surface area contributed by atoms with Gasteiger partial charge in [-0.1, -0.05) is 23.8 Å². The van der Waals surface area contributed by atoms with Crippen molar-refractivity contribution in [1.82, 2.24) is 9.88 Å². The summed E-state index contributed by atoms with van der Waals surface area (Å²) in [7, 11) is 0. The number of amides is 1. The number of hydrogen-bond donors (Lipinski definition) is 2. The predicted molar refractivity (Wildman–Crippen MR) is 124 cm³/mol. The third-order valence-electron chi connectivity index (χ3n) is 5.02. The zero-order valence-corrected chi connectivity index (χ0v) is 18.2. The number of amidine groups is 1. The van der Waals surface area contributed by atoms with Gasteiger partial charge in [-0.15, -0.1) is 0 Å². The summed E-state index contributed by atoms with van der Waals surface area (Å²) in [6.07, 6.45) is 1.84. The zero-order valence-electron chi connectivity index (χ0n) is 17.3. The van der Waals surface area contributed by atoms with Gasteiger partial charge in [0, 0.05) is 17.1 Å². The number of aromatic carboxylic acids is 1. The minimum Gasteiger partial charge on any atom is -0.478 e. The van der Waals surface area contributed by atoms with E-state index in [1.165, 1.54) is 11.8 Å². The molecule has 0 unspecified atom stereocenters. The summed E-state index contributed by atoms with van der Waals surface area (Å²) in [5.74, 6) is -1.15. The van der Waals surface area contributed by atoms with Crippen LogP contribution in [0.2, 0.25) is 0 Å². The molecule has 6 nitrogen and oxygen atoms in total. The van der Waals surface area contributed by atoms with E-state index in [0.717, 1.165) is 33.9 Å². The SMILES string of the molecule is Cc1ccc(N=C2NC(=O)/C(=C\c3cc(C)n(-c4cccc(C(=O)O)c4)c3C)S2)cc1. The number of carboxylic acids is 1. The third kappa shape index (κ3) is 4.32. The van der Waals surface area contributed by atoms with Gasteiger partial charge in [0.15, 0.2) is 5.17 Å². The number of benzene rings is 2. The molecule has 0 radical (unpaired) electrons. The lowest BCUT2D eigenvalue weighted by Crippen LogP contribution is -2.19. The van der Waals surface area contributed by atoms with Gasteiger partial charge in [-0.3, -0.25) is 4.79 Å². The standard InChI is InChI=1S/C24H21N3O3S/c1-14-7-9-19(10-8-14)25-24-26-22(28)21(31-24)13-18-11-15(2)27(16(18)3)20-6-4-5-17(12-20)23(29)30/h4-13H,1-3H3,(H,29,30)(H,25,26,28)/b21-13+. The Kier molecular flexibility index (Phi) is 5.52. The van der Waals surface area contributed by atoms with Crippen LogP contribution in [-0.4, -0.2) is 26.7 Å². The number of aromatic nitrogens is 1. The Morgan fingerprint density at radius 1 is 1.10 bits per heavy atom. The summed E-state index contributed by atoms with van der Waals surface area (Å²) in [6, 6.07) is 16.6. The number of aryl methyl sites for hydroxylation is 2. The smallest absolute Gasteiger partial charge is 0.335 e. The highest BCUT2D eigenvalue weighted by atomic mass is 32.2. The van der Waals surface area contributed by atoms with Crippen LogP contribution in [0.5, 0.6) is 0 Å². The molecule has 3 aromatic rings. The molecule has 0 saturated carbocycles. The molecule has 1 aliphatic heterocycles. The molecule has 4 rings (SSSR count). The molecule has 0 aliphatic carbocycles. The summed E-state index contributed by atoms with van der Waals surface area (Å²) < 4.78 is 1.98. The second-order valence-corrected chi connectivity index (χ2v) is 8.37. The molecule has 1 aliphatic rings. The van der Waals surface area contributed by atoms with Crippen molar-refractivity contribution in [2.24, 2.45) is 4.99 Å². The van der Waals surface area contributed by atoms with E-state index in [2.05, 4.69) is 10.3 Å².